The molecule has 0 saturated carbocycles. The van der Waals surface area contributed by atoms with E-state index in [1.54, 1.807) is 6.92 Å². The summed E-state index contributed by atoms with van der Waals surface area (Å²) < 4.78 is 0. The van der Waals surface area contributed by atoms with Gasteiger partial charge in [0.25, 0.3) is 0 Å². The lowest BCUT2D eigenvalue weighted by Gasteiger charge is -2.42. The van der Waals surface area contributed by atoms with Crippen molar-refractivity contribution in [2.24, 2.45) is 11.8 Å². The van der Waals surface area contributed by atoms with Crippen LogP contribution in [0, 0.1) is 11.8 Å². The Bertz CT molecular complexity index is 484. The fraction of sp³-hybridized carbons (Fsp3) is 0.562. The Kier molecular flexibility index (Phi) is 3.83. The van der Waals surface area contributed by atoms with Crippen LogP contribution in [-0.4, -0.2) is 18.4 Å². The smallest absolute Gasteiger partial charge is 0.161 e. The van der Waals surface area contributed by atoms with E-state index in [4.69, 9.17) is 5.73 Å². The van der Waals surface area contributed by atoms with Crippen molar-refractivity contribution in [1.29, 1.82) is 0 Å². The lowest BCUT2D eigenvalue weighted by molar-refractivity contribution is 0.101. The first-order valence-electron chi connectivity index (χ1n) is 7.07. The van der Waals surface area contributed by atoms with Crippen molar-refractivity contribution >= 4 is 17.2 Å². The zero-order chi connectivity index (χ0) is 14.2. The number of carbonyl (C=O) groups excluding carboxylic acids is 1. The number of ketones is 1. The van der Waals surface area contributed by atoms with Crippen molar-refractivity contribution in [3.8, 4) is 0 Å². The van der Waals surface area contributed by atoms with Gasteiger partial charge >= 0.3 is 0 Å². The third-order valence-electron chi connectivity index (χ3n) is 4.35. The number of rotatable bonds is 2. The first kappa shape index (κ1) is 13.9. The molecule has 3 unspecified atom stereocenters. The van der Waals surface area contributed by atoms with Crippen molar-refractivity contribution < 1.29 is 4.79 Å². The Morgan fingerprint density at radius 3 is 2.63 bits per heavy atom. The third kappa shape index (κ3) is 2.75. The molecule has 1 aromatic rings. The van der Waals surface area contributed by atoms with E-state index in [0.717, 1.165) is 12.2 Å². The van der Waals surface area contributed by atoms with Gasteiger partial charge in [-0.05, 0) is 50.3 Å². The minimum absolute atomic E-state index is 0.0325. The highest BCUT2D eigenvalue weighted by Crippen LogP contribution is 2.32. The van der Waals surface area contributed by atoms with Gasteiger partial charge in [0.15, 0.2) is 5.78 Å². The summed E-state index contributed by atoms with van der Waals surface area (Å²) in [7, 11) is 0. The van der Waals surface area contributed by atoms with Gasteiger partial charge in [0.1, 0.15) is 0 Å². The zero-order valence-electron chi connectivity index (χ0n) is 12.3. The van der Waals surface area contributed by atoms with E-state index >= 15 is 0 Å². The lowest BCUT2D eigenvalue weighted by Crippen LogP contribution is -2.45. The highest BCUT2D eigenvalue weighted by molar-refractivity contribution is 6.00. The summed E-state index contributed by atoms with van der Waals surface area (Å²) in [5.41, 5.74) is 8.19. The van der Waals surface area contributed by atoms with Crippen molar-refractivity contribution in [2.75, 3.05) is 17.2 Å². The predicted octanol–water partition coefficient (Wildman–Crippen LogP) is 3.34. The van der Waals surface area contributed by atoms with Gasteiger partial charge in [0, 0.05) is 29.5 Å². The topological polar surface area (TPSA) is 46.3 Å². The molecule has 1 aliphatic heterocycles. The molecule has 1 aliphatic rings. The van der Waals surface area contributed by atoms with Gasteiger partial charge in [-0.25, -0.2) is 0 Å². The second-order valence-corrected chi connectivity index (χ2v) is 6.04. The first-order valence-corrected chi connectivity index (χ1v) is 7.07. The van der Waals surface area contributed by atoms with Crippen LogP contribution < -0.4 is 10.6 Å². The first-order chi connectivity index (χ1) is 8.90. The number of anilines is 2. The van der Waals surface area contributed by atoms with E-state index in [1.165, 1.54) is 6.42 Å². The Morgan fingerprint density at radius 1 is 1.32 bits per heavy atom. The fourth-order valence-electron chi connectivity index (χ4n) is 3.08. The van der Waals surface area contributed by atoms with Gasteiger partial charge < -0.3 is 10.6 Å². The number of benzene rings is 1. The highest BCUT2D eigenvalue weighted by atomic mass is 16.1. The van der Waals surface area contributed by atoms with Gasteiger partial charge in [0.05, 0.1) is 0 Å². The molecule has 3 atom stereocenters. The summed E-state index contributed by atoms with van der Waals surface area (Å²) in [6.45, 7) is 9.47. The van der Waals surface area contributed by atoms with E-state index in [0.29, 0.717) is 29.1 Å². The van der Waals surface area contributed by atoms with Gasteiger partial charge in [-0.15, -0.1) is 0 Å². The van der Waals surface area contributed by atoms with Crippen molar-refractivity contribution in [2.45, 2.75) is 40.2 Å². The molecule has 0 radical (unpaired) electrons. The monoisotopic (exact) mass is 260 g/mol. The summed E-state index contributed by atoms with van der Waals surface area (Å²) in [5, 5.41) is 0. The predicted molar refractivity (Wildman–Crippen MR) is 80.6 cm³/mol. The Morgan fingerprint density at radius 2 is 2.00 bits per heavy atom. The average molecular weight is 260 g/mol. The molecule has 19 heavy (non-hydrogen) atoms. The van der Waals surface area contributed by atoms with Crippen LogP contribution in [0.15, 0.2) is 18.2 Å². The standard InChI is InChI=1S/C16H24N2O/c1-10-7-11(2)12(3)18(9-10)14-5-6-16(17)15(8-14)13(4)19/h5-6,8,10-12H,7,9,17H2,1-4H3. The number of nitrogens with two attached hydrogens (primary N) is 1. The minimum atomic E-state index is 0.0325. The number of hydrogen-bond donors (Lipinski definition) is 1. The van der Waals surface area contributed by atoms with Gasteiger partial charge in [0.2, 0.25) is 0 Å². The molecule has 1 saturated heterocycles. The summed E-state index contributed by atoms with van der Waals surface area (Å²) in [5.74, 6) is 1.39. The summed E-state index contributed by atoms with van der Waals surface area (Å²) in [4.78, 5) is 14.0. The maximum atomic E-state index is 11.6. The quantitative estimate of drug-likeness (QED) is 0.655. The van der Waals surface area contributed by atoms with Crippen LogP contribution in [0.3, 0.4) is 0 Å². The van der Waals surface area contributed by atoms with Crippen LogP contribution in [0.1, 0.15) is 44.5 Å². The molecular formula is C16H24N2O. The molecule has 0 aliphatic carbocycles. The number of nitrogens with zero attached hydrogens (tertiary/aromatic N) is 1. The molecule has 1 fully saturated rings. The average Bonchev–Trinajstić information content (AvgIpc) is 2.34. The molecule has 0 spiro atoms. The van der Waals surface area contributed by atoms with Gasteiger partial charge in [-0.2, -0.15) is 0 Å². The largest absolute Gasteiger partial charge is 0.398 e. The lowest BCUT2D eigenvalue weighted by atomic mass is 9.85. The summed E-state index contributed by atoms with van der Waals surface area (Å²) in [6, 6.07) is 6.32. The molecule has 2 N–H and O–H groups in total. The molecule has 3 heteroatoms. The van der Waals surface area contributed by atoms with Crippen LogP contribution in [-0.2, 0) is 0 Å². The van der Waals surface area contributed by atoms with E-state index in [2.05, 4.69) is 25.7 Å². The Hall–Kier alpha value is -1.51. The Balaban J connectivity index is 2.35. The zero-order valence-corrected chi connectivity index (χ0v) is 12.3. The number of hydrogen-bond acceptors (Lipinski definition) is 3. The molecule has 0 aromatic heterocycles. The summed E-state index contributed by atoms with van der Waals surface area (Å²) >= 11 is 0. The molecule has 2 rings (SSSR count). The molecule has 1 aromatic carbocycles. The van der Waals surface area contributed by atoms with Crippen molar-refractivity contribution in [3.05, 3.63) is 23.8 Å². The van der Waals surface area contributed by atoms with Gasteiger partial charge in [-0.3, -0.25) is 4.79 Å². The van der Waals surface area contributed by atoms with Crippen LogP contribution in [0.5, 0.6) is 0 Å². The van der Waals surface area contributed by atoms with E-state index < -0.39 is 0 Å². The van der Waals surface area contributed by atoms with E-state index in [9.17, 15) is 4.79 Å². The number of nitrogen functional groups attached to an aromatic ring is 1. The summed E-state index contributed by atoms with van der Waals surface area (Å²) in [6.07, 6.45) is 1.27. The molecule has 3 nitrogen and oxygen atoms in total. The van der Waals surface area contributed by atoms with Crippen molar-refractivity contribution in [3.63, 3.8) is 0 Å². The van der Waals surface area contributed by atoms with Crippen LogP contribution in [0.2, 0.25) is 0 Å². The number of carbonyl (C=O) groups is 1. The fourth-order valence-corrected chi connectivity index (χ4v) is 3.08. The number of Topliss-reactive ketones (excluding diaryl/α,β-unsaturated/α-hetero) is 1. The molecular weight excluding hydrogens is 236 g/mol. The maximum absolute atomic E-state index is 11.6. The molecule has 0 amide bonds. The second kappa shape index (κ2) is 5.24. The van der Waals surface area contributed by atoms with Crippen LogP contribution in [0.4, 0.5) is 11.4 Å². The third-order valence-corrected chi connectivity index (χ3v) is 4.35. The molecule has 104 valence electrons. The highest BCUT2D eigenvalue weighted by Gasteiger charge is 2.29. The van der Waals surface area contributed by atoms with Crippen LogP contribution >= 0.6 is 0 Å². The van der Waals surface area contributed by atoms with E-state index in [-0.39, 0.29) is 5.78 Å². The maximum Gasteiger partial charge on any atom is 0.161 e. The SMILES string of the molecule is CC(=O)c1cc(N2CC(C)CC(C)C2C)ccc1N. The Labute approximate surface area is 115 Å². The van der Waals surface area contributed by atoms with Gasteiger partial charge in [-0.1, -0.05) is 13.8 Å². The normalized spacial score (nSPS) is 27.4. The minimum Gasteiger partial charge on any atom is -0.398 e. The van der Waals surface area contributed by atoms with E-state index in [1.807, 2.05) is 18.2 Å². The number of piperidine rings is 1. The molecule has 1 heterocycles. The van der Waals surface area contributed by atoms with Crippen molar-refractivity contribution in [1.82, 2.24) is 0 Å². The van der Waals surface area contributed by atoms with Crippen LogP contribution in [0.25, 0.3) is 0 Å². The second-order valence-electron chi connectivity index (χ2n) is 6.04. The molecule has 0 bridgehead atoms.